The van der Waals surface area contributed by atoms with E-state index in [9.17, 15) is 9.59 Å². The molecular formula is C20H27N5O2. The Morgan fingerprint density at radius 1 is 1.15 bits per heavy atom. The average molecular weight is 369 g/mol. The molecule has 1 unspecified atom stereocenters. The molecule has 0 spiro atoms. The van der Waals surface area contributed by atoms with Crippen LogP contribution < -0.4 is 5.56 Å². The van der Waals surface area contributed by atoms with E-state index in [0.29, 0.717) is 18.3 Å². The van der Waals surface area contributed by atoms with E-state index in [1.54, 1.807) is 19.2 Å². The van der Waals surface area contributed by atoms with Crippen molar-refractivity contribution in [2.24, 2.45) is 0 Å². The zero-order valence-corrected chi connectivity index (χ0v) is 15.8. The van der Waals surface area contributed by atoms with Crippen molar-refractivity contribution in [3.8, 4) is 0 Å². The van der Waals surface area contributed by atoms with E-state index in [-0.39, 0.29) is 17.4 Å². The first-order valence-corrected chi connectivity index (χ1v) is 10.0. The number of aromatic amines is 2. The van der Waals surface area contributed by atoms with E-state index < -0.39 is 0 Å². The van der Waals surface area contributed by atoms with Gasteiger partial charge in [0.25, 0.3) is 11.5 Å². The lowest BCUT2D eigenvalue weighted by Crippen LogP contribution is -2.40. The van der Waals surface area contributed by atoms with E-state index in [4.69, 9.17) is 0 Å². The number of carbonyl (C=O) groups is 1. The lowest BCUT2D eigenvalue weighted by Gasteiger charge is -2.33. The second-order valence-electron chi connectivity index (χ2n) is 7.88. The number of piperidine rings is 1. The number of H-pyrrole nitrogens is 2. The minimum Gasteiger partial charge on any atom is -0.338 e. The van der Waals surface area contributed by atoms with E-state index >= 15 is 0 Å². The van der Waals surface area contributed by atoms with Crippen molar-refractivity contribution in [1.82, 2.24) is 25.1 Å². The third-order valence-corrected chi connectivity index (χ3v) is 5.92. The first-order valence-electron chi connectivity index (χ1n) is 10.0. The van der Waals surface area contributed by atoms with Gasteiger partial charge < -0.3 is 9.88 Å². The van der Waals surface area contributed by atoms with Crippen LogP contribution in [0.2, 0.25) is 0 Å². The van der Waals surface area contributed by atoms with Crippen molar-refractivity contribution in [2.45, 2.75) is 63.7 Å². The van der Waals surface area contributed by atoms with Gasteiger partial charge in [-0.3, -0.25) is 14.7 Å². The Bertz CT molecular complexity index is 865. The number of likely N-dealkylation sites (tertiary alicyclic amines) is 1. The second-order valence-corrected chi connectivity index (χ2v) is 7.88. The summed E-state index contributed by atoms with van der Waals surface area (Å²) in [5.74, 6) is 1.19. The molecule has 2 fully saturated rings. The van der Waals surface area contributed by atoms with Crippen LogP contribution in [-0.4, -0.2) is 44.1 Å². The summed E-state index contributed by atoms with van der Waals surface area (Å²) < 4.78 is 0. The minimum atomic E-state index is -0.129. The Morgan fingerprint density at radius 3 is 2.70 bits per heavy atom. The van der Waals surface area contributed by atoms with Gasteiger partial charge in [0.05, 0.1) is 23.1 Å². The standard InChI is InChI=1S/C20H27N5O2/c1-13-22-17(10-18(26)23-13)15-8-5-9-25(12-15)20(27)16-11-21-24-19(16)14-6-3-2-4-7-14/h10-11,14-15H,2-9,12H2,1H3,(H,21,24)(H,22,23,26). The Morgan fingerprint density at radius 2 is 1.93 bits per heavy atom. The molecular weight excluding hydrogens is 342 g/mol. The molecule has 2 aromatic rings. The van der Waals surface area contributed by atoms with Crippen molar-refractivity contribution < 1.29 is 4.79 Å². The third kappa shape index (κ3) is 3.82. The molecule has 1 atom stereocenters. The maximum atomic E-state index is 13.2. The summed E-state index contributed by atoms with van der Waals surface area (Å²) in [6, 6.07) is 1.57. The lowest BCUT2D eigenvalue weighted by molar-refractivity contribution is 0.0704. The summed E-state index contributed by atoms with van der Waals surface area (Å²) in [5, 5.41) is 7.28. The number of amides is 1. The highest BCUT2D eigenvalue weighted by atomic mass is 16.2. The highest BCUT2D eigenvalue weighted by molar-refractivity contribution is 5.95. The number of hydrogen-bond acceptors (Lipinski definition) is 4. The first kappa shape index (κ1) is 17.9. The van der Waals surface area contributed by atoms with E-state index in [1.807, 2.05) is 4.90 Å². The quantitative estimate of drug-likeness (QED) is 0.870. The van der Waals surface area contributed by atoms with E-state index in [1.165, 1.54) is 19.3 Å². The Balaban J connectivity index is 1.52. The van der Waals surface area contributed by atoms with Crippen molar-refractivity contribution in [3.63, 3.8) is 0 Å². The van der Waals surface area contributed by atoms with Gasteiger partial charge in [-0.25, -0.2) is 4.98 Å². The molecule has 27 heavy (non-hydrogen) atoms. The SMILES string of the molecule is Cc1nc(C2CCCN(C(=O)c3cn[nH]c3C3CCCCC3)C2)cc(=O)[nH]1. The number of aromatic nitrogens is 4. The second kappa shape index (κ2) is 7.66. The normalized spacial score (nSPS) is 21.4. The molecule has 4 rings (SSSR count). The van der Waals surface area contributed by atoms with Gasteiger partial charge in [0.15, 0.2) is 0 Å². The molecule has 0 bridgehead atoms. The predicted octanol–water partition coefficient (Wildman–Crippen LogP) is 2.87. The van der Waals surface area contributed by atoms with Gasteiger partial charge in [0.1, 0.15) is 5.82 Å². The lowest BCUT2D eigenvalue weighted by atomic mass is 9.85. The predicted molar refractivity (Wildman–Crippen MR) is 102 cm³/mol. The van der Waals surface area contributed by atoms with Crippen LogP contribution in [-0.2, 0) is 0 Å². The van der Waals surface area contributed by atoms with Crippen molar-refractivity contribution >= 4 is 5.91 Å². The Kier molecular flexibility index (Phi) is 5.09. The summed E-state index contributed by atoms with van der Waals surface area (Å²) in [6.07, 6.45) is 9.52. The molecule has 2 N–H and O–H groups in total. The van der Waals surface area contributed by atoms with E-state index in [0.717, 1.165) is 49.2 Å². The van der Waals surface area contributed by atoms with Crippen molar-refractivity contribution in [3.05, 3.63) is 45.4 Å². The number of nitrogens with one attached hydrogen (secondary N) is 2. The summed E-state index contributed by atoms with van der Waals surface area (Å²) in [4.78, 5) is 34.1. The number of rotatable bonds is 3. The van der Waals surface area contributed by atoms with Crippen LogP contribution >= 0.6 is 0 Å². The molecule has 3 heterocycles. The largest absolute Gasteiger partial charge is 0.338 e. The third-order valence-electron chi connectivity index (χ3n) is 5.92. The zero-order chi connectivity index (χ0) is 18.8. The van der Waals surface area contributed by atoms with Gasteiger partial charge in [-0.1, -0.05) is 19.3 Å². The summed E-state index contributed by atoms with van der Waals surface area (Å²) in [6.45, 7) is 3.13. The Labute approximate surface area is 158 Å². The van der Waals surface area contributed by atoms with Crippen LogP contribution in [0.25, 0.3) is 0 Å². The van der Waals surface area contributed by atoms with Crippen LogP contribution in [0.15, 0.2) is 17.1 Å². The van der Waals surface area contributed by atoms with Gasteiger partial charge in [-0.2, -0.15) is 5.10 Å². The molecule has 1 saturated heterocycles. The van der Waals surface area contributed by atoms with Crippen molar-refractivity contribution in [2.75, 3.05) is 13.1 Å². The van der Waals surface area contributed by atoms with Crippen LogP contribution in [0, 0.1) is 6.92 Å². The van der Waals surface area contributed by atoms with Gasteiger partial charge in [-0.05, 0) is 32.6 Å². The van der Waals surface area contributed by atoms with Crippen LogP contribution in [0.5, 0.6) is 0 Å². The monoisotopic (exact) mass is 369 g/mol. The molecule has 144 valence electrons. The Hall–Kier alpha value is -2.44. The van der Waals surface area contributed by atoms with Crippen LogP contribution in [0.1, 0.15) is 84.4 Å². The molecule has 1 aliphatic carbocycles. The van der Waals surface area contributed by atoms with Crippen molar-refractivity contribution in [1.29, 1.82) is 0 Å². The molecule has 7 nitrogen and oxygen atoms in total. The van der Waals surface area contributed by atoms with Gasteiger partial charge in [0.2, 0.25) is 0 Å². The summed E-state index contributed by atoms with van der Waals surface area (Å²) in [5.41, 5.74) is 2.38. The highest BCUT2D eigenvalue weighted by Gasteiger charge is 2.30. The number of aryl methyl sites for hydroxylation is 1. The average Bonchev–Trinajstić information content (AvgIpc) is 3.17. The van der Waals surface area contributed by atoms with Crippen LogP contribution in [0.3, 0.4) is 0 Å². The highest BCUT2D eigenvalue weighted by Crippen LogP contribution is 2.34. The molecule has 1 saturated carbocycles. The fourth-order valence-electron chi connectivity index (χ4n) is 4.55. The topological polar surface area (TPSA) is 94.7 Å². The molecule has 1 amide bonds. The fraction of sp³-hybridized carbons (Fsp3) is 0.600. The van der Waals surface area contributed by atoms with Gasteiger partial charge in [0, 0.05) is 31.0 Å². The number of carbonyl (C=O) groups excluding carboxylic acids is 1. The molecule has 1 aliphatic heterocycles. The molecule has 0 radical (unpaired) electrons. The fourth-order valence-corrected chi connectivity index (χ4v) is 4.55. The summed E-state index contributed by atoms with van der Waals surface area (Å²) >= 11 is 0. The smallest absolute Gasteiger partial charge is 0.257 e. The molecule has 2 aliphatic rings. The molecule has 2 aromatic heterocycles. The van der Waals surface area contributed by atoms with Gasteiger partial charge in [-0.15, -0.1) is 0 Å². The maximum Gasteiger partial charge on any atom is 0.257 e. The number of nitrogens with zero attached hydrogens (tertiary/aromatic N) is 3. The maximum absolute atomic E-state index is 13.2. The van der Waals surface area contributed by atoms with Crippen LogP contribution in [0.4, 0.5) is 0 Å². The molecule has 0 aromatic carbocycles. The van der Waals surface area contributed by atoms with Gasteiger partial charge >= 0.3 is 0 Å². The zero-order valence-electron chi connectivity index (χ0n) is 15.8. The summed E-state index contributed by atoms with van der Waals surface area (Å²) in [7, 11) is 0. The minimum absolute atomic E-state index is 0.0515. The first-order chi connectivity index (χ1) is 13.1. The number of hydrogen-bond donors (Lipinski definition) is 2. The molecule has 7 heteroatoms. The van der Waals surface area contributed by atoms with E-state index in [2.05, 4.69) is 20.2 Å².